The minimum atomic E-state index is -3.95. The Morgan fingerprint density at radius 2 is 1.85 bits per heavy atom. The number of sulfonamides is 1. The fourth-order valence-electron chi connectivity index (χ4n) is 3.33. The van der Waals surface area contributed by atoms with Crippen LogP contribution in [0.1, 0.15) is 19.8 Å². The third kappa shape index (κ3) is 4.76. The Labute approximate surface area is 159 Å². The number of amides is 3. The van der Waals surface area contributed by atoms with E-state index >= 15 is 0 Å². The molecule has 1 aromatic rings. The maximum Gasteiger partial charge on any atom is 0.315 e. The first-order valence-corrected chi connectivity index (χ1v) is 10.2. The summed E-state index contributed by atoms with van der Waals surface area (Å²) >= 11 is 0. The molecule has 0 bridgehead atoms. The van der Waals surface area contributed by atoms with Gasteiger partial charge in [0.2, 0.25) is 15.9 Å². The van der Waals surface area contributed by atoms with Crippen LogP contribution in [0.25, 0.3) is 0 Å². The maximum absolute atomic E-state index is 13.1. The lowest BCUT2D eigenvalue weighted by Crippen LogP contribution is -2.66. The molecular weight excluding hydrogens is 372 g/mol. The second-order valence-electron chi connectivity index (χ2n) is 6.21. The van der Waals surface area contributed by atoms with E-state index in [0.717, 1.165) is 4.31 Å². The molecule has 4 N–H and O–H groups in total. The first-order valence-electron chi connectivity index (χ1n) is 8.80. The monoisotopic (exact) mass is 398 g/mol. The number of hydrogen-bond acceptors (Lipinski definition) is 5. The molecule has 1 aromatic carbocycles. The first kappa shape index (κ1) is 21.1. The van der Waals surface area contributed by atoms with Crippen molar-refractivity contribution < 1.29 is 22.7 Å². The van der Waals surface area contributed by atoms with Crippen LogP contribution in [0.3, 0.4) is 0 Å². The van der Waals surface area contributed by atoms with E-state index in [0.29, 0.717) is 26.1 Å². The average Bonchev–Trinajstić information content (AvgIpc) is 2.64. The van der Waals surface area contributed by atoms with E-state index in [1.165, 1.54) is 17.0 Å². The molecule has 2 rings (SSSR count). The van der Waals surface area contributed by atoms with Crippen molar-refractivity contribution in [3.05, 3.63) is 30.3 Å². The molecular formula is C17H26N4O5S. The van der Waals surface area contributed by atoms with Crippen molar-refractivity contribution in [1.82, 2.24) is 9.21 Å². The Morgan fingerprint density at radius 3 is 2.41 bits per heavy atom. The third-order valence-corrected chi connectivity index (χ3v) is 6.45. The Balaban J connectivity index is 2.35. The number of hydrogen-bond donors (Lipinski definition) is 2. The number of primary amides is 2. The molecule has 1 aliphatic rings. The van der Waals surface area contributed by atoms with E-state index in [9.17, 15) is 18.0 Å². The number of benzene rings is 1. The van der Waals surface area contributed by atoms with Crippen LogP contribution in [0.15, 0.2) is 35.2 Å². The van der Waals surface area contributed by atoms with Crippen LogP contribution < -0.4 is 11.5 Å². The largest absolute Gasteiger partial charge is 0.382 e. The van der Waals surface area contributed by atoms with Gasteiger partial charge >= 0.3 is 6.03 Å². The van der Waals surface area contributed by atoms with Crippen LogP contribution in [-0.2, 0) is 19.6 Å². The molecule has 0 spiro atoms. The van der Waals surface area contributed by atoms with Crippen molar-refractivity contribution in [3.63, 3.8) is 0 Å². The van der Waals surface area contributed by atoms with Crippen LogP contribution in [0, 0.1) is 0 Å². The molecule has 10 heteroatoms. The van der Waals surface area contributed by atoms with Crippen molar-refractivity contribution in [2.45, 2.75) is 36.7 Å². The number of carbonyl (C=O) groups is 2. The number of nitrogens with zero attached hydrogens (tertiary/aromatic N) is 2. The van der Waals surface area contributed by atoms with Gasteiger partial charge in [0, 0.05) is 26.3 Å². The average molecular weight is 398 g/mol. The Morgan fingerprint density at radius 1 is 1.19 bits per heavy atom. The second kappa shape index (κ2) is 9.16. The lowest BCUT2D eigenvalue weighted by molar-refractivity contribution is -0.125. The van der Waals surface area contributed by atoms with Crippen molar-refractivity contribution in [1.29, 1.82) is 0 Å². The highest BCUT2D eigenvalue weighted by atomic mass is 32.2. The van der Waals surface area contributed by atoms with Crippen molar-refractivity contribution in [2.24, 2.45) is 11.5 Å². The summed E-state index contributed by atoms with van der Waals surface area (Å²) in [7, 11) is -3.95. The van der Waals surface area contributed by atoms with Gasteiger partial charge in [-0.15, -0.1) is 0 Å². The van der Waals surface area contributed by atoms with Crippen LogP contribution >= 0.6 is 0 Å². The highest BCUT2D eigenvalue weighted by molar-refractivity contribution is 7.89. The maximum atomic E-state index is 13.1. The van der Waals surface area contributed by atoms with Gasteiger partial charge in [-0.25, -0.2) is 13.2 Å². The minimum absolute atomic E-state index is 0.0598. The number of urea groups is 1. The topological polar surface area (TPSA) is 136 Å². The van der Waals surface area contributed by atoms with Gasteiger partial charge in [-0.2, -0.15) is 4.31 Å². The van der Waals surface area contributed by atoms with Gasteiger partial charge in [-0.05, 0) is 31.9 Å². The molecule has 0 radical (unpaired) electrons. The molecule has 0 aliphatic carbocycles. The molecule has 0 saturated carbocycles. The Bertz CT molecular complexity index is 756. The second-order valence-corrected chi connectivity index (χ2v) is 8.10. The zero-order valence-corrected chi connectivity index (χ0v) is 16.1. The molecule has 27 heavy (non-hydrogen) atoms. The standard InChI is InChI=1S/C17H26N4O5S/c1-2-26-12-6-9-14-15(16(18)22)21(11-10-20(14)17(19)23)27(24,25)13-7-4-3-5-8-13/h3-5,7-8,14-15H,2,6,9-12H2,1H3,(H2,18,22)(H2,19,23). The lowest BCUT2D eigenvalue weighted by Gasteiger charge is -2.44. The number of nitrogens with two attached hydrogens (primary N) is 2. The summed E-state index contributed by atoms with van der Waals surface area (Å²) in [5, 5.41) is 0. The van der Waals surface area contributed by atoms with Gasteiger partial charge in [0.15, 0.2) is 0 Å². The number of rotatable bonds is 8. The van der Waals surface area contributed by atoms with Crippen molar-refractivity contribution in [2.75, 3.05) is 26.3 Å². The summed E-state index contributed by atoms with van der Waals surface area (Å²) < 4.78 is 32.5. The van der Waals surface area contributed by atoms with Gasteiger partial charge in [-0.1, -0.05) is 18.2 Å². The Kier molecular flexibility index (Phi) is 7.17. The van der Waals surface area contributed by atoms with Gasteiger partial charge in [-0.3, -0.25) is 4.79 Å². The lowest BCUT2D eigenvalue weighted by atomic mass is 9.98. The zero-order chi connectivity index (χ0) is 20.0. The predicted molar refractivity (Wildman–Crippen MR) is 99.1 cm³/mol. The van der Waals surface area contributed by atoms with Gasteiger partial charge in [0.1, 0.15) is 6.04 Å². The summed E-state index contributed by atoms with van der Waals surface area (Å²) in [4.78, 5) is 25.4. The fourth-order valence-corrected chi connectivity index (χ4v) is 4.97. The van der Waals surface area contributed by atoms with Gasteiger partial charge in [0.25, 0.3) is 0 Å². The van der Waals surface area contributed by atoms with E-state index in [2.05, 4.69) is 0 Å². The molecule has 1 heterocycles. The van der Waals surface area contributed by atoms with E-state index in [-0.39, 0.29) is 18.0 Å². The molecule has 0 aromatic heterocycles. The van der Waals surface area contributed by atoms with Crippen LogP contribution in [0.4, 0.5) is 4.79 Å². The van der Waals surface area contributed by atoms with Crippen LogP contribution in [0.2, 0.25) is 0 Å². The summed E-state index contributed by atoms with van der Waals surface area (Å²) in [6.07, 6.45) is 0.878. The summed E-state index contributed by atoms with van der Waals surface area (Å²) in [5.74, 6) is -0.818. The van der Waals surface area contributed by atoms with E-state index in [1.807, 2.05) is 6.92 Å². The van der Waals surface area contributed by atoms with E-state index < -0.39 is 34.0 Å². The SMILES string of the molecule is CCOCCCC1C(C(N)=O)N(S(=O)(=O)c2ccccc2)CCN1C(N)=O. The number of piperazine rings is 1. The molecule has 2 unspecified atom stereocenters. The highest BCUT2D eigenvalue weighted by Gasteiger charge is 2.46. The number of ether oxygens (including phenoxy) is 1. The molecule has 150 valence electrons. The quantitative estimate of drug-likeness (QED) is 0.599. The number of carbonyl (C=O) groups excluding carboxylic acids is 2. The third-order valence-electron chi connectivity index (χ3n) is 4.55. The molecule has 2 atom stereocenters. The predicted octanol–water partition coefficient (Wildman–Crippen LogP) is 0.111. The molecule has 1 saturated heterocycles. The Hall–Kier alpha value is -2.17. The van der Waals surface area contributed by atoms with E-state index in [1.54, 1.807) is 18.2 Å². The summed E-state index contributed by atoms with van der Waals surface area (Å²) in [6.45, 7) is 2.85. The molecule has 9 nitrogen and oxygen atoms in total. The van der Waals surface area contributed by atoms with Crippen LogP contribution in [0.5, 0.6) is 0 Å². The van der Waals surface area contributed by atoms with Gasteiger partial charge in [0.05, 0.1) is 10.9 Å². The first-order chi connectivity index (χ1) is 12.8. The highest BCUT2D eigenvalue weighted by Crippen LogP contribution is 2.27. The molecule has 3 amide bonds. The molecule has 1 aliphatic heterocycles. The normalized spacial score (nSPS) is 21.1. The van der Waals surface area contributed by atoms with Crippen LogP contribution in [-0.4, -0.2) is 67.9 Å². The van der Waals surface area contributed by atoms with Crippen molar-refractivity contribution in [3.8, 4) is 0 Å². The smallest absolute Gasteiger partial charge is 0.315 e. The van der Waals surface area contributed by atoms with E-state index in [4.69, 9.17) is 16.2 Å². The molecule has 1 fully saturated rings. The zero-order valence-electron chi connectivity index (χ0n) is 15.3. The fraction of sp³-hybridized carbons (Fsp3) is 0.529. The summed E-state index contributed by atoms with van der Waals surface area (Å²) in [6, 6.07) is 5.17. The van der Waals surface area contributed by atoms with Gasteiger partial charge < -0.3 is 21.1 Å². The minimum Gasteiger partial charge on any atom is -0.382 e. The van der Waals surface area contributed by atoms with Crippen molar-refractivity contribution >= 4 is 22.0 Å². The summed E-state index contributed by atoms with van der Waals surface area (Å²) in [5.41, 5.74) is 11.0.